The molecule has 1 heterocycles. The van der Waals surface area contributed by atoms with Crippen molar-refractivity contribution in [3.63, 3.8) is 0 Å². The molecule has 0 aliphatic carbocycles. The van der Waals surface area contributed by atoms with Crippen molar-refractivity contribution in [1.29, 1.82) is 0 Å². The maximum atomic E-state index is 12.5. The molecular formula is C20H22N2O2S2. The molecule has 136 valence electrons. The van der Waals surface area contributed by atoms with Gasteiger partial charge in [-0.1, -0.05) is 36.4 Å². The minimum atomic E-state index is -3.49. The predicted molar refractivity (Wildman–Crippen MR) is 107 cm³/mol. The number of aryl methyl sites for hydroxylation is 3. The van der Waals surface area contributed by atoms with Crippen molar-refractivity contribution in [3.8, 4) is 10.6 Å². The molecule has 1 N–H and O–H groups in total. The predicted octanol–water partition coefficient (Wildman–Crippen LogP) is 4.26. The van der Waals surface area contributed by atoms with Crippen LogP contribution in [0.5, 0.6) is 0 Å². The zero-order valence-electron chi connectivity index (χ0n) is 15.1. The molecule has 3 aromatic rings. The lowest BCUT2D eigenvalue weighted by molar-refractivity contribution is 0.581. The molecule has 0 saturated carbocycles. The Bertz CT molecular complexity index is 1010. The fourth-order valence-electron chi connectivity index (χ4n) is 2.63. The van der Waals surface area contributed by atoms with Crippen LogP contribution in [0.3, 0.4) is 0 Å². The van der Waals surface area contributed by atoms with Crippen LogP contribution in [0, 0.1) is 20.8 Å². The number of sulfonamides is 1. The molecule has 0 bridgehead atoms. The molecule has 3 rings (SSSR count). The Morgan fingerprint density at radius 2 is 1.73 bits per heavy atom. The summed E-state index contributed by atoms with van der Waals surface area (Å²) in [5.74, 6) is 0. The Labute approximate surface area is 159 Å². The molecule has 0 spiro atoms. The highest BCUT2D eigenvalue weighted by atomic mass is 32.2. The van der Waals surface area contributed by atoms with Gasteiger partial charge in [0.15, 0.2) is 0 Å². The van der Waals surface area contributed by atoms with Crippen LogP contribution >= 0.6 is 11.3 Å². The van der Waals surface area contributed by atoms with Crippen molar-refractivity contribution in [3.05, 3.63) is 70.2 Å². The zero-order chi connectivity index (χ0) is 18.7. The highest BCUT2D eigenvalue weighted by Crippen LogP contribution is 2.28. The van der Waals surface area contributed by atoms with Gasteiger partial charge >= 0.3 is 0 Å². The fourth-order valence-corrected chi connectivity index (χ4v) is 4.81. The quantitative estimate of drug-likeness (QED) is 0.689. The third kappa shape index (κ3) is 4.20. The molecule has 0 aliphatic heterocycles. The maximum absolute atomic E-state index is 12.5. The minimum absolute atomic E-state index is 0.312. The summed E-state index contributed by atoms with van der Waals surface area (Å²) in [6.45, 7) is 6.21. The van der Waals surface area contributed by atoms with E-state index in [2.05, 4.69) is 9.71 Å². The van der Waals surface area contributed by atoms with Crippen LogP contribution in [0.2, 0.25) is 0 Å². The van der Waals surface area contributed by atoms with Crippen molar-refractivity contribution < 1.29 is 8.42 Å². The Morgan fingerprint density at radius 1 is 1.00 bits per heavy atom. The van der Waals surface area contributed by atoms with Gasteiger partial charge in [-0.05, 0) is 50.5 Å². The summed E-state index contributed by atoms with van der Waals surface area (Å²) in [6, 6.07) is 15.2. The summed E-state index contributed by atoms with van der Waals surface area (Å²) in [5.41, 5.74) is 4.10. The molecule has 0 aliphatic rings. The average Bonchev–Trinajstić information content (AvgIpc) is 2.99. The van der Waals surface area contributed by atoms with Gasteiger partial charge in [-0.3, -0.25) is 0 Å². The summed E-state index contributed by atoms with van der Waals surface area (Å²) in [5, 5.41) is 0.968. The van der Waals surface area contributed by atoms with Crippen LogP contribution in [0.1, 0.15) is 21.7 Å². The summed E-state index contributed by atoms with van der Waals surface area (Å²) >= 11 is 1.62. The Hall–Kier alpha value is -2.02. The van der Waals surface area contributed by atoms with Gasteiger partial charge in [0.2, 0.25) is 10.0 Å². The van der Waals surface area contributed by atoms with Crippen molar-refractivity contribution in [2.75, 3.05) is 6.54 Å². The van der Waals surface area contributed by atoms with Gasteiger partial charge in [-0.25, -0.2) is 18.1 Å². The van der Waals surface area contributed by atoms with Crippen LogP contribution in [0.25, 0.3) is 10.6 Å². The molecule has 4 nitrogen and oxygen atoms in total. The van der Waals surface area contributed by atoms with Crippen LogP contribution in [-0.2, 0) is 16.4 Å². The van der Waals surface area contributed by atoms with Crippen LogP contribution in [0.15, 0.2) is 53.4 Å². The average molecular weight is 387 g/mol. The monoisotopic (exact) mass is 386 g/mol. The molecule has 6 heteroatoms. The first-order chi connectivity index (χ1) is 12.4. The Kier molecular flexibility index (Phi) is 5.55. The molecule has 2 aromatic carbocycles. The van der Waals surface area contributed by atoms with Gasteiger partial charge in [0.1, 0.15) is 5.01 Å². The molecule has 0 saturated heterocycles. The lowest BCUT2D eigenvalue weighted by Gasteiger charge is -2.08. The van der Waals surface area contributed by atoms with E-state index in [9.17, 15) is 8.42 Å². The largest absolute Gasteiger partial charge is 0.241 e. The first-order valence-corrected chi connectivity index (χ1v) is 10.8. The van der Waals surface area contributed by atoms with Crippen molar-refractivity contribution in [1.82, 2.24) is 9.71 Å². The van der Waals surface area contributed by atoms with E-state index in [0.29, 0.717) is 17.9 Å². The summed E-state index contributed by atoms with van der Waals surface area (Å²) in [6.07, 6.45) is 0.625. The third-order valence-corrected chi connectivity index (χ3v) is 7.07. The summed E-state index contributed by atoms with van der Waals surface area (Å²) < 4.78 is 27.6. The normalized spacial score (nSPS) is 11.7. The number of nitrogens with zero attached hydrogens (tertiary/aromatic N) is 1. The SMILES string of the molecule is Cc1ccc(S(=O)(=O)NCCc2sc(-c3ccccc3)nc2C)cc1C. The van der Waals surface area contributed by atoms with E-state index in [1.54, 1.807) is 23.5 Å². The second kappa shape index (κ2) is 7.70. The molecule has 0 fully saturated rings. The van der Waals surface area contributed by atoms with Gasteiger partial charge in [-0.15, -0.1) is 11.3 Å². The number of thiazole rings is 1. The Morgan fingerprint density at radius 3 is 2.42 bits per heavy atom. The molecule has 0 unspecified atom stereocenters. The first-order valence-electron chi connectivity index (χ1n) is 8.45. The van der Waals surface area contributed by atoms with E-state index in [0.717, 1.165) is 32.3 Å². The van der Waals surface area contributed by atoms with E-state index >= 15 is 0 Å². The fraction of sp³-hybridized carbons (Fsp3) is 0.250. The van der Waals surface area contributed by atoms with Crippen molar-refractivity contribution in [2.45, 2.75) is 32.1 Å². The molecule has 0 atom stereocenters. The molecule has 26 heavy (non-hydrogen) atoms. The van der Waals surface area contributed by atoms with E-state index < -0.39 is 10.0 Å². The zero-order valence-corrected chi connectivity index (χ0v) is 16.7. The molecule has 0 amide bonds. The second-order valence-corrected chi connectivity index (χ2v) is 9.14. The highest BCUT2D eigenvalue weighted by Gasteiger charge is 2.15. The van der Waals surface area contributed by atoms with Gasteiger partial charge < -0.3 is 0 Å². The molecule has 1 aromatic heterocycles. The minimum Gasteiger partial charge on any atom is -0.241 e. The lowest BCUT2D eigenvalue weighted by atomic mass is 10.1. The molecule has 0 radical (unpaired) electrons. The van der Waals surface area contributed by atoms with Gasteiger partial charge in [-0.2, -0.15) is 0 Å². The second-order valence-electron chi connectivity index (χ2n) is 6.29. The maximum Gasteiger partial charge on any atom is 0.240 e. The van der Waals surface area contributed by atoms with Crippen molar-refractivity contribution in [2.24, 2.45) is 0 Å². The number of hydrogen-bond acceptors (Lipinski definition) is 4. The van der Waals surface area contributed by atoms with E-state index in [1.165, 1.54) is 0 Å². The van der Waals surface area contributed by atoms with E-state index in [1.807, 2.05) is 57.2 Å². The van der Waals surface area contributed by atoms with Gasteiger partial charge in [0.05, 0.1) is 10.6 Å². The van der Waals surface area contributed by atoms with Crippen LogP contribution in [0.4, 0.5) is 0 Å². The van der Waals surface area contributed by atoms with Gasteiger partial charge in [0, 0.05) is 17.0 Å². The van der Waals surface area contributed by atoms with Crippen molar-refractivity contribution >= 4 is 21.4 Å². The number of benzene rings is 2. The molecular weight excluding hydrogens is 364 g/mol. The lowest BCUT2D eigenvalue weighted by Crippen LogP contribution is -2.26. The summed E-state index contributed by atoms with van der Waals surface area (Å²) in [4.78, 5) is 6.03. The van der Waals surface area contributed by atoms with E-state index in [-0.39, 0.29) is 0 Å². The van der Waals surface area contributed by atoms with E-state index in [4.69, 9.17) is 0 Å². The smallest absolute Gasteiger partial charge is 0.240 e. The topological polar surface area (TPSA) is 59.1 Å². The Balaban J connectivity index is 1.68. The van der Waals surface area contributed by atoms with Crippen LogP contribution in [-0.4, -0.2) is 19.9 Å². The van der Waals surface area contributed by atoms with Crippen LogP contribution < -0.4 is 4.72 Å². The number of hydrogen-bond donors (Lipinski definition) is 1. The third-order valence-electron chi connectivity index (χ3n) is 4.35. The van der Waals surface area contributed by atoms with Gasteiger partial charge in [0.25, 0.3) is 0 Å². The first kappa shape index (κ1) is 18.8. The number of nitrogens with one attached hydrogen (secondary N) is 1. The number of aromatic nitrogens is 1. The summed E-state index contributed by atoms with van der Waals surface area (Å²) in [7, 11) is -3.49. The standard InChI is InChI=1S/C20H22N2O2S2/c1-14-9-10-18(13-15(14)2)26(23,24)21-12-11-19-16(3)22-20(25-19)17-7-5-4-6-8-17/h4-10,13,21H,11-12H2,1-3H3. The highest BCUT2D eigenvalue weighted by molar-refractivity contribution is 7.89. The number of rotatable bonds is 6.